The van der Waals surface area contributed by atoms with E-state index in [1.807, 2.05) is 6.07 Å². The fourth-order valence-corrected chi connectivity index (χ4v) is 5.56. The molecule has 4 aromatic carbocycles. The van der Waals surface area contributed by atoms with Crippen LogP contribution in [0.2, 0.25) is 0 Å². The zero-order valence-electron chi connectivity index (χ0n) is 21.0. The minimum atomic E-state index is 0.627. The van der Waals surface area contributed by atoms with Gasteiger partial charge in [-0.1, -0.05) is 60.7 Å². The van der Waals surface area contributed by atoms with Gasteiger partial charge in [0.1, 0.15) is 12.1 Å². The first-order valence-corrected chi connectivity index (χ1v) is 12.5. The maximum Gasteiger partial charge on any atom is 0.227 e. The van der Waals surface area contributed by atoms with Crippen LogP contribution in [0.3, 0.4) is 0 Å². The van der Waals surface area contributed by atoms with Crippen LogP contribution in [0.25, 0.3) is 61.2 Å². The maximum absolute atomic E-state index is 6.01. The van der Waals surface area contributed by atoms with Crippen LogP contribution in [0.1, 0.15) is 16.7 Å². The summed E-state index contributed by atoms with van der Waals surface area (Å²) in [5.74, 6) is 0.847. The van der Waals surface area contributed by atoms with Crippen molar-refractivity contribution in [2.45, 2.75) is 20.8 Å². The molecule has 0 aliphatic rings. The summed E-state index contributed by atoms with van der Waals surface area (Å²) in [7, 11) is 0. The van der Waals surface area contributed by atoms with Crippen LogP contribution < -0.4 is 0 Å². The molecule has 0 unspecified atom stereocenters. The summed E-state index contributed by atoms with van der Waals surface area (Å²) in [6, 6.07) is 31.8. The second kappa shape index (κ2) is 8.17. The van der Waals surface area contributed by atoms with Gasteiger partial charge >= 0.3 is 0 Å². The molecule has 0 aliphatic heterocycles. The molecule has 37 heavy (non-hydrogen) atoms. The third kappa shape index (κ3) is 3.37. The van der Waals surface area contributed by atoms with Crippen LogP contribution in [0, 0.1) is 20.8 Å². The molecule has 0 amide bonds. The highest BCUT2D eigenvalue weighted by Crippen LogP contribution is 2.37. The SMILES string of the molecule is Cc1cc(-n2c(-c3coc4nc5c(C)cccc5cc34)nc3ccccc32)cc(C)c1-c1ccccc1. The Hall–Kier alpha value is -4.70. The Morgan fingerprint density at radius 1 is 0.703 bits per heavy atom. The van der Waals surface area contributed by atoms with Crippen LogP contribution in [-0.2, 0) is 0 Å². The monoisotopic (exact) mass is 479 g/mol. The van der Waals surface area contributed by atoms with Crippen molar-refractivity contribution in [3.05, 3.63) is 114 Å². The van der Waals surface area contributed by atoms with E-state index >= 15 is 0 Å². The van der Waals surface area contributed by atoms with Gasteiger partial charge in [0.2, 0.25) is 5.71 Å². The molecular weight excluding hydrogens is 454 g/mol. The summed E-state index contributed by atoms with van der Waals surface area (Å²) in [6.07, 6.45) is 1.79. The van der Waals surface area contributed by atoms with Crippen LogP contribution in [0.5, 0.6) is 0 Å². The van der Waals surface area contributed by atoms with Gasteiger partial charge < -0.3 is 4.42 Å². The Kier molecular flexibility index (Phi) is 4.76. The zero-order chi connectivity index (χ0) is 25.1. The molecule has 3 aromatic heterocycles. The minimum Gasteiger partial charge on any atom is -0.445 e. The van der Waals surface area contributed by atoms with Gasteiger partial charge in [-0.2, -0.15) is 0 Å². The summed E-state index contributed by atoms with van der Waals surface area (Å²) in [4.78, 5) is 9.94. The molecule has 0 N–H and O–H groups in total. The standard InChI is InChI=1S/C33H25N3O/c1-20-10-9-13-24-18-26-27(19-37-33(26)35-31(20)24)32-34-28-14-7-8-15-29(28)36(32)25-16-21(2)30(22(3)17-25)23-11-5-4-6-12-23/h4-19H,1-3H3. The molecule has 0 saturated carbocycles. The molecule has 7 rings (SSSR count). The lowest BCUT2D eigenvalue weighted by Gasteiger charge is -2.16. The highest BCUT2D eigenvalue weighted by molar-refractivity contribution is 6.00. The van der Waals surface area contributed by atoms with E-state index in [0.717, 1.165) is 50.0 Å². The molecule has 0 spiro atoms. The molecular formula is C33H25N3O. The van der Waals surface area contributed by atoms with E-state index in [1.165, 1.54) is 22.3 Å². The molecule has 0 atom stereocenters. The second-order valence-corrected chi connectivity index (χ2v) is 9.72. The molecule has 4 heteroatoms. The molecule has 0 fully saturated rings. The fraction of sp³-hybridized carbons (Fsp3) is 0.0909. The van der Waals surface area contributed by atoms with E-state index in [4.69, 9.17) is 14.4 Å². The Bertz CT molecular complexity index is 1940. The van der Waals surface area contributed by atoms with E-state index in [-0.39, 0.29) is 0 Å². The number of fused-ring (bicyclic) bond motifs is 3. The highest BCUT2D eigenvalue weighted by atomic mass is 16.3. The Labute approximate surface area is 214 Å². The van der Waals surface area contributed by atoms with Crippen molar-refractivity contribution >= 4 is 33.0 Å². The van der Waals surface area contributed by atoms with Gasteiger partial charge in [0.05, 0.1) is 27.5 Å². The van der Waals surface area contributed by atoms with Crippen molar-refractivity contribution in [2.24, 2.45) is 0 Å². The van der Waals surface area contributed by atoms with Gasteiger partial charge in [-0.15, -0.1) is 0 Å². The van der Waals surface area contributed by atoms with Crippen molar-refractivity contribution in [3.8, 4) is 28.2 Å². The lowest BCUT2D eigenvalue weighted by atomic mass is 9.95. The van der Waals surface area contributed by atoms with E-state index in [2.05, 4.69) is 110 Å². The Morgan fingerprint density at radius 3 is 2.27 bits per heavy atom. The summed E-state index contributed by atoms with van der Waals surface area (Å²) < 4.78 is 8.26. The number of aryl methyl sites for hydroxylation is 3. The largest absolute Gasteiger partial charge is 0.445 e. The molecule has 3 heterocycles. The molecule has 0 radical (unpaired) electrons. The number of imidazole rings is 1. The molecule has 0 saturated heterocycles. The summed E-state index contributed by atoms with van der Waals surface area (Å²) in [5.41, 5.74) is 11.7. The van der Waals surface area contributed by atoms with Crippen LogP contribution in [-0.4, -0.2) is 14.5 Å². The van der Waals surface area contributed by atoms with E-state index in [1.54, 1.807) is 6.26 Å². The maximum atomic E-state index is 6.01. The first-order chi connectivity index (χ1) is 18.1. The van der Waals surface area contributed by atoms with Gasteiger partial charge in [-0.05, 0) is 78.9 Å². The van der Waals surface area contributed by atoms with Gasteiger partial charge in [-0.25, -0.2) is 9.97 Å². The van der Waals surface area contributed by atoms with E-state index in [9.17, 15) is 0 Å². The first-order valence-electron chi connectivity index (χ1n) is 12.5. The van der Waals surface area contributed by atoms with Crippen molar-refractivity contribution in [1.29, 1.82) is 0 Å². The number of benzene rings is 4. The summed E-state index contributed by atoms with van der Waals surface area (Å²) in [5, 5.41) is 2.06. The molecule has 178 valence electrons. The number of rotatable bonds is 3. The van der Waals surface area contributed by atoms with Gasteiger partial charge in [-0.3, -0.25) is 4.57 Å². The normalized spacial score (nSPS) is 11.6. The third-order valence-corrected chi connectivity index (χ3v) is 7.23. The van der Waals surface area contributed by atoms with Crippen LogP contribution >= 0.6 is 0 Å². The molecule has 0 aliphatic carbocycles. The Morgan fingerprint density at radius 2 is 1.46 bits per heavy atom. The summed E-state index contributed by atoms with van der Waals surface area (Å²) in [6.45, 7) is 6.45. The van der Waals surface area contributed by atoms with E-state index in [0.29, 0.717) is 5.71 Å². The van der Waals surface area contributed by atoms with Crippen LogP contribution in [0.4, 0.5) is 0 Å². The van der Waals surface area contributed by atoms with Crippen molar-refractivity contribution in [3.63, 3.8) is 0 Å². The predicted molar refractivity (Wildman–Crippen MR) is 151 cm³/mol. The van der Waals surface area contributed by atoms with E-state index < -0.39 is 0 Å². The van der Waals surface area contributed by atoms with Crippen molar-refractivity contribution < 1.29 is 4.42 Å². The van der Waals surface area contributed by atoms with Crippen molar-refractivity contribution in [2.75, 3.05) is 0 Å². The number of hydrogen-bond donors (Lipinski definition) is 0. The minimum absolute atomic E-state index is 0.627. The van der Waals surface area contributed by atoms with Gasteiger partial charge in [0, 0.05) is 11.1 Å². The molecule has 4 nitrogen and oxygen atoms in total. The summed E-state index contributed by atoms with van der Waals surface area (Å²) >= 11 is 0. The molecule has 7 aromatic rings. The number of nitrogens with zero attached hydrogens (tertiary/aromatic N) is 3. The number of para-hydroxylation sites is 3. The van der Waals surface area contributed by atoms with Gasteiger partial charge in [0.15, 0.2) is 0 Å². The number of pyridine rings is 1. The predicted octanol–water partition coefficient (Wildman–Crippen LogP) is 8.58. The quantitative estimate of drug-likeness (QED) is 0.255. The lowest BCUT2D eigenvalue weighted by Crippen LogP contribution is -2.00. The Balaban J connectivity index is 1.49. The lowest BCUT2D eigenvalue weighted by molar-refractivity contribution is 0.605. The topological polar surface area (TPSA) is 43.9 Å². The number of aromatic nitrogens is 3. The average Bonchev–Trinajstić information content (AvgIpc) is 3.49. The number of hydrogen-bond acceptors (Lipinski definition) is 3. The third-order valence-electron chi connectivity index (χ3n) is 7.23. The average molecular weight is 480 g/mol. The van der Waals surface area contributed by atoms with Crippen LogP contribution in [0.15, 0.2) is 102 Å². The fourth-order valence-electron chi connectivity index (χ4n) is 5.56. The highest BCUT2D eigenvalue weighted by Gasteiger charge is 2.21. The van der Waals surface area contributed by atoms with Crippen molar-refractivity contribution in [1.82, 2.24) is 14.5 Å². The second-order valence-electron chi connectivity index (χ2n) is 9.72. The molecule has 0 bridgehead atoms. The van der Waals surface area contributed by atoms with Gasteiger partial charge in [0.25, 0.3) is 0 Å². The number of furan rings is 1. The smallest absolute Gasteiger partial charge is 0.227 e. The first kappa shape index (κ1) is 21.6. The zero-order valence-corrected chi connectivity index (χ0v) is 21.0.